The average Bonchev–Trinajstić information content (AvgIpc) is 2.39. The Kier molecular flexibility index (Phi) is 3.60. The molecular formula is C13H11O4P. The molecule has 1 unspecified atom stereocenters. The van der Waals surface area contributed by atoms with Gasteiger partial charge in [-0.15, -0.1) is 0 Å². The molecule has 2 aromatic rings. The predicted molar refractivity (Wildman–Crippen MR) is 67.7 cm³/mol. The molecule has 4 nitrogen and oxygen atoms in total. The summed E-state index contributed by atoms with van der Waals surface area (Å²) in [7, 11) is -4.37. The minimum absolute atomic E-state index is 0.152. The fourth-order valence-electron chi connectivity index (χ4n) is 1.41. The molecule has 2 rings (SSSR count). The van der Waals surface area contributed by atoms with Crippen LogP contribution in [0.25, 0.3) is 0 Å². The average molecular weight is 262 g/mol. The molecule has 0 radical (unpaired) electrons. The van der Waals surface area contributed by atoms with Crippen LogP contribution in [-0.4, -0.2) is 10.4 Å². The van der Waals surface area contributed by atoms with Crippen molar-refractivity contribution in [1.82, 2.24) is 0 Å². The third kappa shape index (κ3) is 2.86. The Labute approximate surface area is 104 Å². The van der Waals surface area contributed by atoms with Crippen molar-refractivity contribution < 1.29 is 18.8 Å². The Hall–Kier alpha value is -1.90. The Morgan fingerprint density at radius 2 is 1.44 bits per heavy atom. The first-order chi connectivity index (χ1) is 8.59. The number of hydrogen-bond acceptors (Lipinski definition) is 3. The summed E-state index contributed by atoms with van der Waals surface area (Å²) < 4.78 is 16.7. The molecule has 0 aromatic heterocycles. The lowest BCUT2D eigenvalue weighted by molar-refractivity contribution is 0.104. The van der Waals surface area contributed by atoms with Crippen LogP contribution in [0, 0.1) is 0 Å². The molecule has 0 aliphatic heterocycles. The van der Waals surface area contributed by atoms with Gasteiger partial charge in [0.2, 0.25) is 0 Å². The first-order valence-corrected chi connectivity index (χ1v) is 6.85. The normalized spacial score (nSPS) is 13.6. The summed E-state index contributed by atoms with van der Waals surface area (Å²) in [4.78, 5) is 21.5. The van der Waals surface area contributed by atoms with Gasteiger partial charge < -0.3 is 9.42 Å². The molecule has 0 fully saturated rings. The quantitative estimate of drug-likeness (QED) is 0.860. The zero-order valence-corrected chi connectivity index (χ0v) is 10.3. The summed E-state index contributed by atoms with van der Waals surface area (Å²) >= 11 is 0. The second-order valence-electron chi connectivity index (χ2n) is 3.60. The summed E-state index contributed by atoms with van der Waals surface area (Å²) in [5.74, 6) is 0.188. The molecule has 0 aliphatic carbocycles. The van der Waals surface area contributed by atoms with Crippen LogP contribution in [0.2, 0.25) is 0 Å². The van der Waals surface area contributed by atoms with E-state index in [9.17, 15) is 14.3 Å². The summed E-state index contributed by atoms with van der Waals surface area (Å²) in [6, 6.07) is 16.0. The van der Waals surface area contributed by atoms with E-state index in [-0.39, 0.29) is 11.3 Å². The van der Waals surface area contributed by atoms with Crippen LogP contribution in [-0.2, 0) is 4.57 Å². The molecule has 18 heavy (non-hydrogen) atoms. The molecule has 0 bridgehead atoms. The third-order valence-corrected chi connectivity index (χ3v) is 3.48. The van der Waals surface area contributed by atoms with Gasteiger partial charge in [0, 0.05) is 5.56 Å². The third-order valence-electron chi connectivity index (χ3n) is 2.25. The van der Waals surface area contributed by atoms with E-state index < -0.39 is 13.1 Å². The minimum Gasteiger partial charge on any atom is -0.419 e. The van der Waals surface area contributed by atoms with E-state index in [1.165, 1.54) is 24.3 Å². The summed E-state index contributed by atoms with van der Waals surface area (Å²) in [6.07, 6.45) is 0. The molecule has 5 heteroatoms. The van der Waals surface area contributed by atoms with Crippen molar-refractivity contribution in [1.29, 1.82) is 0 Å². The summed E-state index contributed by atoms with van der Waals surface area (Å²) in [5, 5.41) is 0. The molecule has 0 heterocycles. The second-order valence-corrected chi connectivity index (χ2v) is 5.23. The number of carbonyl (C=O) groups is 1. The number of para-hydroxylation sites is 1. The maximum absolute atomic E-state index is 11.9. The van der Waals surface area contributed by atoms with Crippen LogP contribution in [0.3, 0.4) is 0 Å². The zero-order valence-electron chi connectivity index (χ0n) is 9.39. The number of benzene rings is 2. The summed E-state index contributed by atoms with van der Waals surface area (Å²) in [6.45, 7) is 0. The lowest BCUT2D eigenvalue weighted by atomic mass is 10.2. The Morgan fingerprint density at radius 1 is 0.944 bits per heavy atom. The highest BCUT2D eigenvalue weighted by Crippen LogP contribution is 2.45. The maximum Gasteiger partial charge on any atom is 0.448 e. The lowest BCUT2D eigenvalue weighted by Crippen LogP contribution is -2.05. The monoisotopic (exact) mass is 262 g/mol. The first kappa shape index (κ1) is 12.6. The fraction of sp³-hybridized carbons (Fsp3) is 0. The molecular weight excluding hydrogens is 251 g/mol. The Bertz CT molecular complexity index is 580. The topological polar surface area (TPSA) is 63.6 Å². The van der Waals surface area contributed by atoms with Gasteiger partial charge in [0.05, 0.1) is 0 Å². The van der Waals surface area contributed by atoms with Crippen molar-refractivity contribution in [2.75, 3.05) is 0 Å². The van der Waals surface area contributed by atoms with E-state index in [0.717, 1.165) is 0 Å². The molecule has 2 aromatic carbocycles. The van der Waals surface area contributed by atoms with Crippen molar-refractivity contribution in [3.8, 4) is 5.75 Å². The highest BCUT2D eigenvalue weighted by atomic mass is 31.2. The Balaban J connectivity index is 2.22. The molecule has 0 aliphatic rings. The van der Waals surface area contributed by atoms with Crippen molar-refractivity contribution in [3.05, 3.63) is 66.2 Å². The van der Waals surface area contributed by atoms with Gasteiger partial charge in [-0.1, -0.05) is 48.5 Å². The number of carbonyl (C=O) groups excluding carboxylic acids is 1. The van der Waals surface area contributed by atoms with Crippen molar-refractivity contribution >= 4 is 13.1 Å². The molecule has 0 amide bonds. The first-order valence-electron chi connectivity index (χ1n) is 5.27. The van der Waals surface area contributed by atoms with Gasteiger partial charge in [-0.25, -0.2) is 4.57 Å². The summed E-state index contributed by atoms with van der Waals surface area (Å²) in [5.41, 5.74) is -0.758. The minimum atomic E-state index is -4.37. The van der Waals surface area contributed by atoms with E-state index in [0.29, 0.717) is 0 Å². The van der Waals surface area contributed by atoms with Gasteiger partial charge in [0.1, 0.15) is 5.75 Å². The molecule has 0 saturated heterocycles. The molecule has 0 saturated carbocycles. The smallest absolute Gasteiger partial charge is 0.419 e. The Morgan fingerprint density at radius 3 is 2.00 bits per heavy atom. The van der Waals surface area contributed by atoms with Gasteiger partial charge >= 0.3 is 7.60 Å². The van der Waals surface area contributed by atoms with E-state index >= 15 is 0 Å². The van der Waals surface area contributed by atoms with Crippen LogP contribution < -0.4 is 4.52 Å². The lowest BCUT2D eigenvalue weighted by Gasteiger charge is -2.11. The molecule has 1 atom stereocenters. The van der Waals surface area contributed by atoms with Crippen molar-refractivity contribution in [2.24, 2.45) is 0 Å². The van der Waals surface area contributed by atoms with E-state index in [4.69, 9.17) is 4.52 Å². The van der Waals surface area contributed by atoms with Gasteiger partial charge in [-0.3, -0.25) is 4.79 Å². The highest BCUT2D eigenvalue weighted by molar-refractivity contribution is 7.72. The van der Waals surface area contributed by atoms with Gasteiger partial charge in [-0.05, 0) is 12.1 Å². The van der Waals surface area contributed by atoms with Gasteiger partial charge in [0.25, 0.3) is 5.52 Å². The van der Waals surface area contributed by atoms with Crippen LogP contribution >= 0.6 is 7.60 Å². The number of hydrogen-bond donors (Lipinski definition) is 1. The van der Waals surface area contributed by atoms with Gasteiger partial charge in [-0.2, -0.15) is 0 Å². The standard InChI is InChI=1S/C13H11O4P/c14-13(11-7-3-1-4-8-11)18(15,16)17-12-9-5-2-6-10-12/h1-10H,(H,15,16). The maximum atomic E-state index is 11.9. The molecule has 92 valence electrons. The second kappa shape index (κ2) is 5.17. The fourth-order valence-corrected chi connectivity index (χ4v) is 2.38. The highest BCUT2D eigenvalue weighted by Gasteiger charge is 2.33. The zero-order chi connectivity index (χ0) is 13.0. The van der Waals surface area contributed by atoms with Crippen molar-refractivity contribution in [3.63, 3.8) is 0 Å². The largest absolute Gasteiger partial charge is 0.448 e. The van der Waals surface area contributed by atoms with Crippen molar-refractivity contribution in [2.45, 2.75) is 0 Å². The number of rotatable bonds is 4. The van der Waals surface area contributed by atoms with E-state index in [1.54, 1.807) is 36.4 Å². The van der Waals surface area contributed by atoms with Gasteiger partial charge in [0.15, 0.2) is 0 Å². The van der Waals surface area contributed by atoms with Crippen LogP contribution in [0.15, 0.2) is 60.7 Å². The predicted octanol–water partition coefficient (Wildman–Crippen LogP) is 3.09. The van der Waals surface area contributed by atoms with Crippen LogP contribution in [0.1, 0.15) is 10.4 Å². The van der Waals surface area contributed by atoms with E-state index in [2.05, 4.69) is 0 Å². The SMILES string of the molecule is O=C(c1ccccc1)P(=O)(O)Oc1ccccc1. The van der Waals surface area contributed by atoms with Crippen LogP contribution in [0.5, 0.6) is 5.75 Å². The molecule has 0 spiro atoms. The molecule has 1 N–H and O–H groups in total. The van der Waals surface area contributed by atoms with E-state index in [1.807, 2.05) is 0 Å². The van der Waals surface area contributed by atoms with Crippen LogP contribution in [0.4, 0.5) is 0 Å².